The van der Waals surface area contributed by atoms with Crippen molar-refractivity contribution in [2.45, 2.75) is 23.8 Å². The zero-order valence-corrected chi connectivity index (χ0v) is 14.2. The van der Waals surface area contributed by atoms with Crippen LogP contribution in [0, 0.1) is 0 Å². The summed E-state index contributed by atoms with van der Waals surface area (Å²) in [5.41, 5.74) is 0. The first kappa shape index (κ1) is 16.4. The number of nitrogens with one attached hydrogen (secondary N) is 1. The Balaban J connectivity index is 2.42. The Morgan fingerprint density at radius 2 is 2.19 bits per heavy atom. The Kier molecular flexibility index (Phi) is 4.71. The molecule has 2 N–H and O–H groups in total. The van der Waals surface area contributed by atoms with Gasteiger partial charge >= 0.3 is 5.97 Å². The number of likely N-dealkylation sites (N-methyl/N-ethyl adjacent to an activating group) is 1. The minimum atomic E-state index is -3.91. The fourth-order valence-corrected chi connectivity index (χ4v) is 6.23. The number of halogens is 1. The molecule has 2 heterocycles. The van der Waals surface area contributed by atoms with E-state index >= 15 is 0 Å². The number of sulfonamides is 1. The van der Waals surface area contributed by atoms with E-state index in [1.54, 1.807) is 0 Å². The predicted molar refractivity (Wildman–Crippen MR) is 80.0 cm³/mol. The molecule has 116 valence electrons. The summed E-state index contributed by atoms with van der Waals surface area (Å²) in [7, 11) is -2.46. The van der Waals surface area contributed by atoms with Crippen LogP contribution in [0.4, 0.5) is 0 Å². The van der Waals surface area contributed by atoms with E-state index in [-0.39, 0.29) is 26.0 Å². The van der Waals surface area contributed by atoms with E-state index in [1.807, 2.05) is 0 Å². The summed E-state index contributed by atoms with van der Waals surface area (Å²) in [6.45, 7) is 0.241. The zero-order chi connectivity index (χ0) is 15.8. The van der Waals surface area contributed by atoms with E-state index in [0.717, 1.165) is 21.7 Å². The number of amides is 1. The number of carbonyl (C=O) groups is 2. The van der Waals surface area contributed by atoms with Crippen molar-refractivity contribution < 1.29 is 23.1 Å². The molecule has 1 amide bonds. The van der Waals surface area contributed by atoms with Crippen molar-refractivity contribution in [3.05, 3.63) is 14.7 Å². The summed E-state index contributed by atoms with van der Waals surface area (Å²) in [6, 6.07) is 0.367. The highest BCUT2D eigenvalue weighted by Gasteiger charge is 2.40. The molecule has 0 aliphatic carbocycles. The molecule has 0 saturated carbocycles. The van der Waals surface area contributed by atoms with Crippen LogP contribution in [0.5, 0.6) is 0 Å². The fraction of sp³-hybridized carbons (Fsp3) is 0.455. The zero-order valence-electron chi connectivity index (χ0n) is 11.0. The van der Waals surface area contributed by atoms with Crippen molar-refractivity contribution in [3.63, 3.8) is 0 Å². The third-order valence-electron chi connectivity index (χ3n) is 3.21. The lowest BCUT2D eigenvalue weighted by atomic mass is 10.2. The maximum Gasteiger partial charge on any atom is 0.345 e. The molecule has 10 heteroatoms. The molecule has 1 fully saturated rings. The summed E-state index contributed by atoms with van der Waals surface area (Å²) in [5.74, 6) is -1.55. The van der Waals surface area contributed by atoms with Crippen LogP contribution in [0.2, 0.25) is 0 Å². The second-order valence-corrected chi connectivity index (χ2v) is 8.67. The molecule has 21 heavy (non-hydrogen) atoms. The first-order valence-electron chi connectivity index (χ1n) is 6.05. The molecule has 7 nitrogen and oxygen atoms in total. The van der Waals surface area contributed by atoms with Crippen LogP contribution in [-0.2, 0) is 14.8 Å². The highest BCUT2D eigenvalue weighted by Crippen LogP contribution is 2.36. The number of aromatic carboxylic acids is 1. The van der Waals surface area contributed by atoms with Crippen LogP contribution < -0.4 is 5.32 Å². The van der Waals surface area contributed by atoms with Gasteiger partial charge in [0.25, 0.3) is 0 Å². The second kappa shape index (κ2) is 6.03. The maximum atomic E-state index is 12.7. The highest BCUT2D eigenvalue weighted by molar-refractivity contribution is 9.11. The molecular weight excluding hydrogens is 384 g/mol. The Bertz CT molecular complexity index is 685. The lowest BCUT2D eigenvalue weighted by Crippen LogP contribution is -2.44. The molecule has 1 aromatic heterocycles. The van der Waals surface area contributed by atoms with Gasteiger partial charge < -0.3 is 10.4 Å². The van der Waals surface area contributed by atoms with Crippen molar-refractivity contribution in [2.24, 2.45) is 0 Å². The van der Waals surface area contributed by atoms with Crippen LogP contribution in [0.1, 0.15) is 22.5 Å². The molecule has 0 aromatic carbocycles. The van der Waals surface area contributed by atoms with Gasteiger partial charge in [-0.2, -0.15) is 4.31 Å². The molecular formula is C11H13BrN2O5S2. The lowest BCUT2D eigenvalue weighted by Gasteiger charge is -2.22. The standard InChI is InChI=1S/C11H13BrN2O5S2/c1-13-10(15)6-3-2-4-14(6)21(18,19)8-5-7(11(16)17)20-9(8)12/h5-6H,2-4H2,1H3,(H,13,15)(H,16,17). The van der Waals surface area contributed by atoms with Gasteiger partial charge in [-0.3, -0.25) is 4.79 Å². The molecule has 2 rings (SSSR count). The fourth-order valence-electron chi connectivity index (χ4n) is 2.22. The monoisotopic (exact) mass is 396 g/mol. The van der Waals surface area contributed by atoms with Gasteiger partial charge in [0.05, 0.1) is 3.79 Å². The molecule has 0 radical (unpaired) electrons. The number of carbonyl (C=O) groups excluding carboxylic acids is 1. The highest BCUT2D eigenvalue weighted by atomic mass is 79.9. The average Bonchev–Trinajstić information content (AvgIpc) is 3.04. The Morgan fingerprint density at radius 1 is 1.52 bits per heavy atom. The van der Waals surface area contributed by atoms with E-state index in [4.69, 9.17) is 5.11 Å². The minimum Gasteiger partial charge on any atom is -0.477 e. The second-order valence-electron chi connectivity index (χ2n) is 4.44. The molecule has 1 saturated heterocycles. The van der Waals surface area contributed by atoms with Crippen molar-refractivity contribution in [3.8, 4) is 0 Å². The summed E-state index contributed by atoms with van der Waals surface area (Å²) >= 11 is 3.93. The SMILES string of the molecule is CNC(=O)C1CCCN1S(=O)(=O)c1cc(C(=O)O)sc1Br. The number of carboxylic acid groups (broad SMARTS) is 1. The van der Waals surface area contributed by atoms with Gasteiger partial charge in [0.2, 0.25) is 15.9 Å². The molecule has 1 unspecified atom stereocenters. The molecule has 1 atom stereocenters. The number of thiophene rings is 1. The van der Waals surface area contributed by atoms with E-state index in [2.05, 4.69) is 21.2 Å². The Hall–Kier alpha value is -0.970. The van der Waals surface area contributed by atoms with Crippen LogP contribution in [0.15, 0.2) is 14.7 Å². The summed E-state index contributed by atoms with van der Waals surface area (Å²) in [4.78, 5) is 22.5. The van der Waals surface area contributed by atoms with Gasteiger partial charge in [-0.1, -0.05) is 0 Å². The van der Waals surface area contributed by atoms with E-state index < -0.39 is 22.0 Å². The average molecular weight is 397 g/mol. The maximum absolute atomic E-state index is 12.7. The third-order valence-corrected chi connectivity index (χ3v) is 7.35. The van der Waals surface area contributed by atoms with Crippen molar-refractivity contribution in [2.75, 3.05) is 13.6 Å². The largest absolute Gasteiger partial charge is 0.477 e. The lowest BCUT2D eigenvalue weighted by molar-refractivity contribution is -0.123. The smallest absolute Gasteiger partial charge is 0.345 e. The number of rotatable bonds is 4. The predicted octanol–water partition coefficient (Wildman–Crippen LogP) is 1.11. The van der Waals surface area contributed by atoms with Gasteiger partial charge in [0, 0.05) is 13.6 Å². The van der Waals surface area contributed by atoms with Crippen molar-refractivity contribution >= 4 is 49.2 Å². The molecule has 1 aromatic rings. The van der Waals surface area contributed by atoms with Gasteiger partial charge in [0.15, 0.2) is 0 Å². The van der Waals surface area contributed by atoms with Crippen molar-refractivity contribution in [1.82, 2.24) is 9.62 Å². The number of hydrogen-bond donors (Lipinski definition) is 2. The van der Waals surface area contributed by atoms with Crippen LogP contribution in [0.25, 0.3) is 0 Å². The quantitative estimate of drug-likeness (QED) is 0.792. The Morgan fingerprint density at radius 3 is 2.71 bits per heavy atom. The topological polar surface area (TPSA) is 104 Å². The molecule has 0 spiro atoms. The van der Waals surface area contributed by atoms with Gasteiger partial charge in [-0.25, -0.2) is 13.2 Å². The number of carboxylic acids is 1. The summed E-state index contributed by atoms with van der Waals surface area (Å²) in [6.07, 6.45) is 1.04. The summed E-state index contributed by atoms with van der Waals surface area (Å²) < 4.78 is 26.7. The van der Waals surface area contributed by atoms with E-state index in [1.165, 1.54) is 7.05 Å². The van der Waals surface area contributed by atoms with Crippen LogP contribution in [-0.4, -0.2) is 49.3 Å². The molecule has 1 aliphatic rings. The normalized spacial score (nSPS) is 19.6. The van der Waals surface area contributed by atoms with Crippen molar-refractivity contribution in [1.29, 1.82) is 0 Å². The minimum absolute atomic E-state index is 0.0730. The Labute approximate surface area is 134 Å². The molecule has 0 bridgehead atoms. The van der Waals surface area contributed by atoms with Gasteiger partial charge in [-0.15, -0.1) is 11.3 Å². The first-order chi connectivity index (χ1) is 9.78. The van der Waals surface area contributed by atoms with Crippen LogP contribution in [0.3, 0.4) is 0 Å². The van der Waals surface area contributed by atoms with Gasteiger partial charge in [0.1, 0.15) is 15.8 Å². The van der Waals surface area contributed by atoms with E-state index in [0.29, 0.717) is 12.8 Å². The molecule has 1 aliphatic heterocycles. The number of hydrogen-bond acceptors (Lipinski definition) is 5. The van der Waals surface area contributed by atoms with E-state index in [9.17, 15) is 18.0 Å². The third kappa shape index (κ3) is 2.98. The summed E-state index contributed by atoms with van der Waals surface area (Å²) in [5, 5.41) is 11.4. The van der Waals surface area contributed by atoms with Crippen LogP contribution >= 0.6 is 27.3 Å². The number of nitrogens with zero attached hydrogens (tertiary/aromatic N) is 1. The van der Waals surface area contributed by atoms with Gasteiger partial charge in [-0.05, 0) is 34.8 Å². The first-order valence-corrected chi connectivity index (χ1v) is 9.10.